The standard InChI is InChI=1S/C26H35N3O2/c1-21-4-2-6-23(16-21)19-28-10-8-25(9-11-28)26(30)27-18-22-5-3-7-24(17-22)20-29-12-14-31-15-13-29/h2-7,16-17,25H,8-15,18-20H2,1H3,(H,27,30). The molecule has 4 rings (SSSR count). The first kappa shape index (κ1) is 22.0. The molecule has 2 heterocycles. The molecule has 5 nitrogen and oxygen atoms in total. The van der Waals surface area contributed by atoms with Crippen molar-refractivity contribution in [1.82, 2.24) is 15.1 Å². The van der Waals surface area contributed by atoms with E-state index in [9.17, 15) is 4.79 Å². The van der Waals surface area contributed by atoms with Crippen LogP contribution in [0, 0.1) is 12.8 Å². The lowest BCUT2D eigenvalue weighted by molar-refractivity contribution is -0.126. The molecule has 1 N–H and O–H groups in total. The topological polar surface area (TPSA) is 44.8 Å². The van der Waals surface area contributed by atoms with E-state index in [2.05, 4.69) is 70.6 Å². The number of nitrogens with one attached hydrogen (secondary N) is 1. The van der Waals surface area contributed by atoms with Gasteiger partial charge in [-0.05, 0) is 49.5 Å². The van der Waals surface area contributed by atoms with Crippen LogP contribution in [0.5, 0.6) is 0 Å². The maximum atomic E-state index is 12.7. The SMILES string of the molecule is Cc1cccc(CN2CCC(C(=O)NCc3cccc(CN4CCOCC4)c3)CC2)c1. The summed E-state index contributed by atoms with van der Waals surface area (Å²) in [5, 5.41) is 3.18. The third kappa shape index (κ3) is 6.63. The van der Waals surface area contributed by atoms with Crippen LogP contribution >= 0.6 is 0 Å². The van der Waals surface area contributed by atoms with Crippen molar-refractivity contribution in [2.45, 2.75) is 39.4 Å². The van der Waals surface area contributed by atoms with Crippen molar-refractivity contribution in [2.24, 2.45) is 5.92 Å². The zero-order chi connectivity index (χ0) is 21.5. The number of hydrogen-bond acceptors (Lipinski definition) is 4. The maximum Gasteiger partial charge on any atom is 0.223 e. The molecule has 166 valence electrons. The van der Waals surface area contributed by atoms with Crippen LogP contribution in [-0.4, -0.2) is 55.1 Å². The van der Waals surface area contributed by atoms with Crippen molar-refractivity contribution in [3.8, 4) is 0 Å². The van der Waals surface area contributed by atoms with E-state index in [1.54, 1.807) is 0 Å². The molecule has 0 atom stereocenters. The van der Waals surface area contributed by atoms with Crippen molar-refractivity contribution >= 4 is 5.91 Å². The smallest absolute Gasteiger partial charge is 0.223 e. The van der Waals surface area contributed by atoms with E-state index in [1.807, 2.05) is 0 Å². The van der Waals surface area contributed by atoms with Crippen LogP contribution in [0.4, 0.5) is 0 Å². The van der Waals surface area contributed by atoms with Crippen molar-refractivity contribution in [2.75, 3.05) is 39.4 Å². The van der Waals surface area contributed by atoms with Gasteiger partial charge in [-0.2, -0.15) is 0 Å². The van der Waals surface area contributed by atoms with Gasteiger partial charge in [0.15, 0.2) is 0 Å². The van der Waals surface area contributed by atoms with E-state index in [-0.39, 0.29) is 11.8 Å². The highest BCUT2D eigenvalue weighted by molar-refractivity contribution is 5.78. The van der Waals surface area contributed by atoms with Crippen LogP contribution in [-0.2, 0) is 29.2 Å². The molecular weight excluding hydrogens is 386 g/mol. The third-order valence-corrected chi connectivity index (χ3v) is 6.42. The first-order valence-electron chi connectivity index (χ1n) is 11.6. The number of amides is 1. The molecule has 0 saturated carbocycles. The summed E-state index contributed by atoms with van der Waals surface area (Å²) >= 11 is 0. The second kappa shape index (κ2) is 10.9. The van der Waals surface area contributed by atoms with E-state index in [0.717, 1.165) is 65.3 Å². The Balaban J connectivity index is 1.21. The Morgan fingerprint density at radius 1 is 0.903 bits per heavy atom. The largest absolute Gasteiger partial charge is 0.379 e. The number of carbonyl (C=O) groups excluding carboxylic acids is 1. The van der Waals surface area contributed by atoms with Crippen LogP contribution in [0.15, 0.2) is 48.5 Å². The predicted octanol–water partition coefficient (Wildman–Crippen LogP) is 3.36. The monoisotopic (exact) mass is 421 g/mol. The van der Waals surface area contributed by atoms with E-state index < -0.39 is 0 Å². The molecule has 2 aliphatic heterocycles. The van der Waals surface area contributed by atoms with Gasteiger partial charge in [0.25, 0.3) is 0 Å². The fourth-order valence-electron chi connectivity index (χ4n) is 4.61. The molecule has 2 fully saturated rings. The molecule has 2 saturated heterocycles. The van der Waals surface area contributed by atoms with Crippen molar-refractivity contribution in [1.29, 1.82) is 0 Å². The molecule has 31 heavy (non-hydrogen) atoms. The molecule has 0 unspecified atom stereocenters. The fraction of sp³-hybridized carbons (Fsp3) is 0.500. The highest BCUT2D eigenvalue weighted by atomic mass is 16.5. The van der Waals surface area contributed by atoms with E-state index in [1.165, 1.54) is 22.3 Å². The Hall–Kier alpha value is -2.21. The Bertz CT molecular complexity index is 855. The molecule has 1 amide bonds. The summed E-state index contributed by atoms with van der Waals surface area (Å²) in [4.78, 5) is 17.6. The van der Waals surface area contributed by atoms with Gasteiger partial charge in [0.1, 0.15) is 0 Å². The van der Waals surface area contributed by atoms with Crippen molar-refractivity contribution < 1.29 is 9.53 Å². The summed E-state index contributed by atoms with van der Waals surface area (Å²) in [6.45, 7) is 10.3. The lowest BCUT2D eigenvalue weighted by atomic mass is 9.95. The minimum atomic E-state index is 0.130. The van der Waals surface area contributed by atoms with Gasteiger partial charge in [0.05, 0.1) is 13.2 Å². The van der Waals surface area contributed by atoms with Crippen molar-refractivity contribution in [3.05, 3.63) is 70.8 Å². The van der Waals surface area contributed by atoms with Crippen LogP contribution in [0.3, 0.4) is 0 Å². The molecule has 0 bridgehead atoms. The lowest BCUT2D eigenvalue weighted by Gasteiger charge is -2.31. The number of nitrogens with zero attached hydrogens (tertiary/aromatic N) is 2. The third-order valence-electron chi connectivity index (χ3n) is 6.42. The minimum Gasteiger partial charge on any atom is -0.379 e. The highest BCUT2D eigenvalue weighted by Crippen LogP contribution is 2.20. The molecule has 0 aliphatic carbocycles. The molecule has 2 aliphatic rings. The number of benzene rings is 2. The van der Waals surface area contributed by atoms with E-state index in [4.69, 9.17) is 4.74 Å². The minimum absolute atomic E-state index is 0.130. The van der Waals surface area contributed by atoms with Gasteiger partial charge in [-0.3, -0.25) is 14.6 Å². The number of rotatable bonds is 7. The van der Waals surface area contributed by atoms with Crippen molar-refractivity contribution in [3.63, 3.8) is 0 Å². The lowest BCUT2D eigenvalue weighted by Crippen LogP contribution is -2.40. The summed E-state index contributed by atoms with van der Waals surface area (Å²) < 4.78 is 5.43. The molecule has 2 aromatic carbocycles. The van der Waals surface area contributed by atoms with Gasteiger partial charge < -0.3 is 10.1 Å². The van der Waals surface area contributed by atoms with Crippen LogP contribution in [0.2, 0.25) is 0 Å². The summed E-state index contributed by atoms with van der Waals surface area (Å²) in [6.07, 6.45) is 1.88. The summed E-state index contributed by atoms with van der Waals surface area (Å²) in [5.41, 5.74) is 5.15. The number of aryl methyl sites for hydroxylation is 1. The molecule has 2 aromatic rings. The van der Waals surface area contributed by atoms with Crippen LogP contribution in [0.25, 0.3) is 0 Å². The summed E-state index contributed by atoms with van der Waals surface area (Å²) in [6, 6.07) is 17.3. The number of hydrogen-bond donors (Lipinski definition) is 1. The number of carbonyl (C=O) groups is 1. The normalized spacial score (nSPS) is 18.7. The number of ether oxygens (including phenoxy) is 1. The molecular formula is C26H35N3O2. The number of piperidine rings is 1. The molecule has 0 aromatic heterocycles. The zero-order valence-electron chi connectivity index (χ0n) is 18.7. The van der Waals surface area contributed by atoms with Gasteiger partial charge in [-0.15, -0.1) is 0 Å². The van der Waals surface area contributed by atoms with Crippen LogP contribution < -0.4 is 5.32 Å². The Kier molecular flexibility index (Phi) is 7.73. The summed E-state index contributed by atoms with van der Waals surface area (Å²) in [7, 11) is 0. The Morgan fingerprint density at radius 3 is 2.23 bits per heavy atom. The molecule has 0 radical (unpaired) electrons. The average Bonchev–Trinajstić information content (AvgIpc) is 2.79. The van der Waals surface area contributed by atoms with Gasteiger partial charge >= 0.3 is 0 Å². The molecule has 5 heteroatoms. The van der Waals surface area contributed by atoms with E-state index in [0.29, 0.717) is 6.54 Å². The first-order valence-corrected chi connectivity index (χ1v) is 11.6. The van der Waals surface area contributed by atoms with Crippen LogP contribution in [0.1, 0.15) is 35.1 Å². The zero-order valence-corrected chi connectivity index (χ0v) is 18.7. The second-order valence-electron chi connectivity index (χ2n) is 8.97. The second-order valence-corrected chi connectivity index (χ2v) is 8.97. The molecule has 0 spiro atoms. The first-order chi connectivity index (χ1) is 15.2. The highest BCUT2D eigenvalue weighted by Gasteiger charge is 2.24. The van der Waals surface area contributed by atoms with Gasteiger partial charge in [-0.25, -0.2) is 0 Å². The Morgan fingerprint density at radius 2 is 1.52 bits per heavy atom. The number of likely N-dealkylation sites (tertiary alicyclic amines) is 1. The van der Waals surface area contributed by atoms with Gasteiger partial charge in [0, 0.05) is 38.6 Å². The summed E-state index contributed by atoms with van der Waals surface area (Å²) in [5.74, 6) is 0.332. The van der Waals surface area contributed by atoms with Gasteiger partial charge in [0.2, 0.25) is 5.91 Å². The van der Waals surface area contributed by atoms with Gasteiger partial charge in [-0.1, -0.05) is 54.1 Å². The average molecular weight is 422 g/mol. The van der Waals surface area contributed by atoms with E-state index >= 15 is 0 Å². The number of morpholine rings is 1. The predicted molar refractivity (Wildman–Crippen MR) is 124 cm³/mol. The quantitative estimate of drug-likeness (QED) is 0.745. The maximum absolute atomic E-state index is 12.7. The Labute approximate surface area is 186 Å². The fourth-order valence-corrected chi connectivity index (χ4v) is 4.61.